The third-order valence-corrected chi connectivity index (χ3v) is 3.71. The van der Waals surface area contributed by atoms with Crippen molar-refractivity contribution in [3.8, 4) is 0 Å². The molecule has 0 atom stereocenters. The van der Waals surface area contributed by atoms with Crippen LogP contribution in [0.4, 0.5) is 10.1 Å². The van der Waals surface area contributed by atoms with Crippen molar-refractivity contribution in [1.29, 1.82) is 0 Å². The van der Waals surface area contributed by atoms with Crippen molar-refractivity contribution in [3.05, 3.63) is 41.2 Å². The van der Waals surface area contributed by atoms with Crippen LogP contribution in [0.2, 0.25) is 0 Å². The lowest BCUT2D eigenvalue weighted by Gasteiger charge is -2.34. The summed E-state index contributed by atoms with van der Waals surface area (Å²) in [6.07, 6.45) is 2.92. The zero-order valence-corrected chi connectivity index (χ0v) is 12.1. The number of carboxylic acids is 1. The molecular formula is C16H20FNO2. The summed E-state index contributed by atoms with van der Waals surface area (Å²) in [6, 6.07) is 4.19. The van der Waals surface area contributed by atoms with Gasteiger partial charge in [-0.1, -0.05) is 38.5 Å². The van der Waals surface area contributed by atoms with E-state index in [4.69, 9.17) is 0 Å². The van der Waals surface area contributed by atoms with Crippen LogP contribution in [0.1, 0.15) is 37.6 Å². The third-order valence-electron chi connectivity index (χ3n) is 3.71. The molecule has 3 nitrogen and oxygen atoms in total. The molecule has 20 heavy (non-hydrogen) atoms. The molecule has 0 radical (unpaired) electrons. The number of rotatable bonds is 2. The van der Waals surface area contributed by atoms with Crippen LogP contribution in [0.5, 0.6) is 0 Å². The number of anilines is 1. The Morgan fingerprint density at radius 1 is 1.35 bits per heavy atom. The maximum Gasteiger partial charge on any atom is 0.337 e. The van der Waals surface area contributed by atoms with Gasteiger partial charge in [0.1, 0.15) is 5.82 Å². The molecule has 108 valence electrons. The van der Waals surface area contributed by atoms with Crippen molar-refractivity contribution in [2.75, 3.05) is 18.0 Å². The second-order valence-electron chi connectivity index (χ2n) is 6.12. The van der Waals surface area contributed by atoms with Crippen LogP contribution in [0.25, 0.3) is 0 Å². The summed E-state index contributed by atoms with van der Waals surface area (Å²) in [4.78, 5) is 13.0. The van der Waals surface area contributed by atoms with E-state index in [1.54, 1.807) is 4.90 Å². The first-order valence-corrected chi connectivity index (χ1v) is 6.77. The molecule has 1 aromatic rings. The van der Waals surface area contributed by atoms with Gasteiger partial charge in [-0.05, 0) is 24.0 Å². The maximum atomic E-state index is 14.0. The highest BCUT2D eigenvalue weighted by molar-refractivity contribution is 5.94. The summed E-state index contributed by atoms with van der Waals surface area (Å²) in [5.74, 6) is -1.57. The van der Waals surface area contributed by atoms with Gasteiger partial charge in [-0.2, -0.15) is 0 Å². The van der Waals surface area contributed by atoms with Gasteiger partial charge in [-0.3, -0.25) is 0 Å². The Morgan fingerprint density at radius 3 is 2.55 bits per heavy atom. The second kappa shape index (κ2) is 5.27. The summed E-state index contributed by atoms with van der Waals surface area (Å²) in [5, 5.41) is 9.19. The van der Waals surface area contributed by atoms with E-state index < -0.39 is 11.8 Å². The Balaban J connectivity index is 2.32. The Bertz CT molecular complexity index is 558. The molecule has 2 rings (SSSR count). The van der Waals surface area contributed by atoms with Crippen LogP contribution in [0, 0.1) is 11.2 Å². The molecule has 0 aliphatic carbocycles. The van der Waals surface area contributed by atoms with Crippen LogP contribution in [-0.4, -0.2) is 24.2 Å². The Hall–Kier alpha value is -1.84. The van der Waals surface area contributed by atoms with Gasteiger partial charge in [0.25, 0.3) is 0 Å². The van der Waals surface area contributed by atoms with Crippen LogP contribution in [-0.2, 0) is 0 Å². The number of hydrogen-bond donors (Lipinski definition) is 1. The van der Waals surface area contributed by atoms with E-state index in [9.17, 15) is 14.3 Å². The first kappa shape index (κ1) is 14.6. The summed E-state index contributed by atoms with van der Waals surface area (Å²) < 4.78 is 14.0. The summed E-state index contributed by atoms with van der Waals surface area (Å²) in [5.41, 5.74) is 1.67. The van der Waals surface area contributed by atoms with Crippen molar-refractivity contribution in [2.24, 2.45) is 5.41 Å². The van der Waals surface area contributed by atoms with Gasteiger partial charge in [0, 0.05) is 13.1 Å². The summed E-state index contributed by atoms with van der Waals surface area (Å²) >= 11 is 0. The minimum absolute atomic E-state index is 0.0256. The molecule has 1 aromatic carbocycles. The number of benzene rings is 1. The standard InChI is InChI=1S/C16H20FNO2/c1-16(2,3)11-7-9-18(10-8-11)14-12(15(19)20)5-4-6-13(14)17/h4-7H,8-10H2,1-3H3,(H,19,20). The molecule has 0 saturated carbocycles. The first-order valence-electron chi connectivity index (χ1n) is 6.77. The van der Waals surface area contributed by atoms with E-state index in [1.807, 2.05) is 0 Å². The Kier molecular flexibility index (Phi) is 3.84. The van der Waals surface area contributed by atoms with Crippen molar-refractivity contribution in [2.45, 2.75) is 27.2 Å². The second-order valence-corrected chi connectivity index (χ2v) is 6.12. The molecule has 4 heteroatoms. The SMILES string of the molecule is CC(C)(C)C1=CCN(c2c(F)cccc2C(=O)O)CC1. The highest BCUT2D eigenvalue weighted by Crippen LogP contribution is 2.33. The molecule has 1 aliphatic rings. The molecule has 0 spiro atoms. The number of carbonyl (C=O) groups is 1. The van der Waals surface area contributed by atoms with Gasteiger partial charge in [0.15, 0.2) is 0 Å². The van der Waals surface area contributed by atoms with Gasteiger partial charge in [-0.15, -0.1) is 0 Å². The summed E-state index contributed by atoms with van der Waals surface area (Å²) in [6.45, 7) is 7.65. The molecule has 1 heterocycles. The largest absolute Gasteiger partial charge is 0.478 e. The van der Waals surface area contributed by atoms with Crippen LogP contribution in [0.3, 0.4) is 0 Å². The fraction of sp³-hybridized carbons (Fsp3) is 0.438. The molecule has 0 fully saturated rings. The average molecular weight is 277 g/mol. The van der Waals surface area contributed by atoms with E-state index in [0.29, 0.717) is 13.1 Å². The first-order chi connectivity index (χ1) is 9.30. The topological polar surface area (TPSA) is 40.5 Å². The van der Waals surface area contributed by atoms with Gasteiger partial charge < -0.3 is 10.0 Å². The number of hydrogen-bond acceptors (Lipinski definition) is 2. The number of carboxylic acid groups (broad SMARTS) is 1. The lowest BCUT2D eigenvalue weighted by molar-refractivity contribution is 0.0697. The lowest BCUT2D eigenvalue weighted by Crippen LogP contribution is -2.33. The van der Waals surface area contributed by atoms with Crippen molar-refractivity contribution in [1.82, 2.24) is 0 Å². The van der Waals surface area contributed by atoms with E-state index in [-0.39, 0.29) is 16.7 Å². The zero-order valence-electron chi connectivity index (χ0n) is 12.1. The fourth-order valence-electron chi connectivity index (χ4n) is 2.56. The molecule has 0 bridgehead atoms. The van der Waals surface area contributed by atoms with Crippen molar-refractivity contribution < 1.29 is 14.3 Å². The molecule has 1 N–H and O–H groups in total. The zero-order chi connectivity index (χ0) is 14.9. The number of nitrogens with zero attached hydrogens (tertiary/aromatic N) is 1. The highest BCUT2D eigenvalue weighted by atomic mass is 19.1. The Labute approximate surface area is 118 Å². The number of halogens is 1. The monoisotopic (exact) mass is 277 g/mol. The predicted octanol–water partition coefficient (Wildman–Crippen LogP) is 3.71. The maximum absolute atomic E-state index is 14.0. The molecular weight excluding hydrogens is 257 g/mol. The molecule has 0 amide bonds. The molecule has 0 aromatic heterocycles. The highest BCUT2D eigenvalue weighted by Gasteiger charge is 2.25. The summed E-state index contributed by atoms with van der Waals surface area (Å²) in [7, 11) is 0. The van der Waals surface area contributed by atoms with E-state index in [1.165, 1.54) is 23.8 Å². The predicted molar refractivity (Wildman–Crippen MR) is 77.7 cm³/mol. The fourth-order valence-corrected chi connectivity index (χ4v) is 2.56. The number of aromatic carboxylic acids is 1. The molecule has 1 aliphatic heterocycles. The van der Waals surface area contributed by atoms with E-state index in [0.717, 1.165) is 6.42 Å². The smallest absolute Gasteiger partial charge is 0.337 e. The number of para-hydroxylation sites is 1. The van der Waals surface area contributed by atoms with Gasteiger partial charge >= 0.3 is 5.97 Å². The van der Waals surface area contributed by atoms with Gasteiger partial charge in [0.05, 0.1) is 11.3 Å². The minimum Gasteiger partial charge on any atom is -0.478 e. The third kappa shape index (κ3) is 2.84. The van der Waals surface area contributed by atoms with Crippen molar-refractivity contribution >= 4 is 11.7 Å². The molecule has 0 saturated heterocycles. The van der Waals surface area contributed by atoms with Crippen LogP contribution >= 0.6 is 0 Å². The van der Waals surface area contributed by atoms with E-state index >= 15 is 0 Å². The van der Waals surface area contributed by atoms with Crippen LogP contribution < -0.4 is 4.90 Å². The minimum atomic E-state index is -1.09. The quantitative estimate of drug-likeness (QED) is 0.838. The van der Waals surface area contributed by atoms with E-state index in [2.05, 4.69) is 26.8 Å². The van der Waals surface area contributed by atoms with Crippen molar-refractivity contribution in [3.63, 3.8) is 0 Å². The molecule has 0 unspecified atom stereocenters. The Morgan fingerprint density at radius 2 is 2.05 bits per heavy atom. The van der Waals surface area contributed by atoms with Crippen LogP contribution in [0.15, 0.2) is 29.8 Å². The lowest BCUT2D eigenvalue weighted by atomic mass is 9.83. The normalized spacial score (nSPS) is 16.0. The average Bonchev–Trinajstić information content (AvgIpc) is 2.37. The van der Waals surface area contributed by atoms with Gasteiger partial charge in [-0.25, -0.2) is 9.18 Å². The van der Waals surface area contributed by atoms with Gasteiger partial charge in [0.2, 0.25) is 0 Å².